The zero-order chi connectivity index (χ0) is 16.2. The fourth-order valence-corrected chi connectivity index (χ4v) is 3.99. The number of piperazine rings is 1. The number of methoxy groups -OCH3 is 1. The van der Waals surface area contributed by atoms with Crippen molar-refractivity contribution in [3.63, 3.8) is 0 Å². The first-order valence-electron chi connectivity index (χ1n) is 6.90. The van der Waals surface area contributed by atoms with Gasteiger partial charge in [-0.3, -0.25) is 4.79 Å². The molecular weight excluding hydrogens is 324 g/mol. The van der Waals surface area contributed by atoms with E-state index in [1.165, 1.54) is 22.3 Å². The zero-order valence-corrected chi connectivity index (χ0v) is 14.3. The molecule has 122 valence electrons. The van der Waals surface area contributed by atoms with Crippen molar-refractivity contribution in [1.29, 1.82) is 0 Å². The maximum atomic E-state index is 12.2. The molecule has 6 nitrogen and oxygen atoms in total. The average molecular weight is 344 g/mol. The number of benzene rings is 1. The highest BCUT2D eigenvalue weighted by atomic mass is 32.2. The van der Waals surface area contributed by atoms with Gasteiger partial charge in [0.1, 0.15) is 5.75 Å². The molecule has 0 unspecified atom stereocenters. The number of hydrogen-bond acceptors (Lipinski definition) is 5. The minimum atomic E-state index is -3.17. The van der Waals surface area contributed by atoms with E-state index in [0.717, 1.165) is 10.6 Å². The summed E-state index contributed by atoms with van der Waals surface area (Å²) in [7, 11) is -1.56. The molecule has 0 spiro atoms. The second kappa shape index (κ2) is 7.34. The summed E-state index contributed by atoms with van der Waals surface area (Å²) >= 11 is 1.43. The normalized spacial score (nSPS) is 16.5. The van der Waals surface area contributed by atoms with Crippen LogP contribution in [-0.2, 0) is 14.8 Å². The Labute approximate surface area is 135 Å². The molecule has 1 saturated heterocycles. The summed E-state index contributed by atoms with van der Waals surface area (Å²) in [5.41, 5.74) is 0. The van der Waals surface area contributed by atoms with Crippen LogP contribution < -0.4 is 4.74 Å². The molecule has 0 aromatic heterocycles. The first kappa shape index (κ1) is 17.1. The highest BCUT2D eigenvalue weighted by Gasteiger charge is 2.25. The van der Waals surface area contributed by atoms with Gasteiger partial charge in [0, 0.05) is 31.1 Å². The number of carbonyl (C=O) groups is 1. The molecule has 0 atom stereocenters. The van der Waals surface area contributed by atoms with Crippen LogP contribution in [-0.4, -0.2) is 68.8 Å². The lowest BCUT2D eigenvalue weighted by molar-refractivity contribution is -0.129. The molecule has 1 aliphatic rings. The number of thioether (sulfide) groups is 1. The predicted molar refractivity (Wildman–Crippen MR) is 86.7 cm³/mol. The Hall–Kier alpha value is -1.25. The number of nitrogens with zero attached hydrogens (tertiary/aromatic N) is 2. The molecule has 0 bridgehead atoms. The van der Waals surface area contributed by atoms with Gasteiger partial charge in [-0.25, -0.2) is 8.42 Å². The molecule has 1 aliphatic heterocycles. The van der Waals surface area contributed by atoms with Gasteiger partial charge in [-0.15, -0.1) is 11.8 Å². The number of amides is 1. The fraction of sp³-hybridized carbons (Fsp3) is 0.500. The van der Waals surface area contributed by atoms with E-state index in [1.54, 1.807) is 12.0 Å². The van der Waals surface area contributed by atoms with Crippen LogP contribution in [0.2, 0.25) is 0 Å². The van der Waals surface area contributed by atoms with Crippen LogP contribution in [0.3, 0.4) is 0 Å². The van der Waals surface area contributed by atoms with Crippen molar-refractivity contribution < 1.29 is 17.9 Å². The van der Waals surface area contributed by atoms with E-state index < -0.39 is 10.0 Å². The lowest BCUT2D eigenvalue weighted by Crippen LogP contribution is -2.50. The van der Waals surface area contributed by atoms with E-state index in [9.17, 15) is 13.2 Å². The van der Waals surface area contributed by atoms with Gasteiger partial charge >= 0.3 is 0 Å². The van der Waals surface area contributed by atoms with Crippen LogP contribution in [0.15, 0.2) is 29.2 Å². The van der Waals surface area contributed by atoms with Crippen molar-refractivity contribution in [2.45, 2.75) is 4.90 Å². The molecule has 0 aliphatic carbocycles. The number of hydrogen-bond donors (Lipinski definition) is 0. The van der Waals surface area contributed by atoms with Gasteiger partial charge in [-0.1, -0.05) is 12.1 Å². The van der Waals surface area contributed by atoms with Crippen molar-refractivity contribution in [3.8, 4) is 5.75 Å². The summed E-state index contributed by atoms with van der Waals surface area (Å²) in [6, 6.07) is 7.56. The van der Waals surface area contributed by atoms with Crippen LogP contribution in [0, 0.1) is 0 Å². The molecule has 1 heterocycles. The maximum Gasteiger partial charge on any atom is 0.233 e. The molecule has 1 fully saturated rings. The molecule has 0 radical (unpaired) electrons. The summed E-state index contributed by atoms with van der Waals surface area (Å²) in [5.74, 6) is 1.09. The molecule has 2 rings (SSSR count). The molecule has 1 aromatic carbocycles. The van der Waals surface area contributed by atoms with E-state index in [2.05, 4.69) is 0 Å². The number of para-hydroxylation sites is 1. The Morgan fingerprint density at radius 3 is 2.45 bits per heavy atom. The van der Waals surface area contributed by atoms with E-state index in [4.69, 9.17) is 4.74 Å². The van der Waals surface area contributed by atoms with Crippen LogP contribution in [0.1, 0.15) is 0 Å². The van der Waals surface area contributed by atoms with Crippen LogP contribution in [0.5, 0.6) is 5.75 Å². The Bertz CT molecular complexity index is 625. The van der Waals surface area contributed by atoms with Crippen molar-refractivity contribution >= 4 is 27.7 Å². The topological polar surface area (TPSA) is 66.9 Å². The van der Waals surface area contributed by atoms with Gasteiger partial charge in [0.05, 0.1) is 19.1 Å². The summed E-state index contributed by atoms with van der Waals surface area (Å²) in [6.45, 7) is 1.62. The van der Waals surface area contributed by atoms with Gasteiger partial charge in [0.15, 0.2) is 0 Å². The first-order valence-corrected chi connectivity index (χ1v) is 9.74. The van der Waals surface area contributed by atoms with E-state index >= 15 is 0 Å². The van der Waals surface area contributed by atoms with Gasteiger partial charge in [0.25, 0.3) is 0 Å². The van der Waals surface area contributed by atoms with Crippen LogP contribution >= 0.6 is 11.8 Å². The van der Waals surface area contributed by atoms with Crippen molar-refractivity contribution in [3.05, 3.63) is 24.3 Å². The average Bonchev–Trinajstić information content (AvgIpc) is 2.52. The third-order valence-corrected chi connectivity index (χ3v) is 5.82. The lowest BCUT2D eigenvalue weighted by Gasteiger charge is -2.33. The Morgan fingerprint density at radius 1 is 1.23 bits per heavy atom. The number of sulfonamides is 1. The second-order valence-electron chi connectivity index (χ2n) is 4.98. The summed E-state index contributed by atoms with van der Waals surface area (Å²) in [4.78, 5) is 14.9. The summed E-state index contributed by atoms with van der Waals surface area (Å²) in [6.07, 6.45) is 1.20. The molecule has 8 heteroatoms. The second-order valence-corrected chi connectivity index (χ2v) is 7.98. The maximum absolute atomic E-state index is 12.2. The zero-order valence-electron chi connectivity index (χ0n) is 12.7. The number of ether oxygens (including phenoxy) is 1. The van der Waals surface area contributed by atoms with E-state index in [-0.39, 0.29) is 5.91 Å². The molecule has 22 heavy (non-hydrogen) atoms. The predicted octanol–water partition coefficient (Wildman–Crippen LogP) is 0.891. The fourth-order valence-electron chi connectivity index (χ4n) is 2.24. The highest BCUT2D eigenvalue weighted by Crippen LogP contribution is 2.28. The van der Waals surface area contributed by atoms with Crippen molar-refractivity contribution in [1.82, 2.24) is 9.21 Å². The van der Waals surface area contributed by atoms with Gasteiger partial charge in [-0.05, 0) is 12.1 Å². The monoisotopic (exact) mass is 344 g/mol. The Morgan fingerprint density at radius 2 is 1.86 bits per heavy atom. The lowest BCUT2D eigenvalue weighted by atomic mass is 10.3. The molecule has 0 N–H and O–H groups in total. The molecule has 0 saturated carbocycles. The van der Waals surface area contributed by atoms with E-state index in [1.807, 2.05) is 24.3 Å². The molecule has 1 aromatic rings. The third-order valence-electron chi connectivity index (χ3n) is 3.48. The quantitative estimate of drug-likeness (QED) is 0.742. The third kappa shape index (κ3) is 4.37. The summed E-state index contributed by atoms with van der Waals surface area (Å²) < 4.78 is 29.6. The highest BCUT2D eigenvalue weighted by molar-refractivity contribution is 8.00. The van der Waals surface area contributed by atoms with Crippen molar-refractivity contribution in [2.24, 2.45) is 0 Å². The molecular formula is C14H20N2O4S2. The van der Waals surface area contributed by atoms with Crippen LogP contribution in [0.25, 0.3) is 0 Å². The largest absolute Gasteiger partial charge is 0.496 e. The van der Waals surface area contributed by atoms with Gasteiger partial charge in [-0.2, -0.15) is 4.31 Å². The standard InChI is InChI=1S/C14H20N2O4S2/c1-20-12-5-3-4-6-13(12)21-11-14(17)15-7-9-16(10-8-15)22(2,18)19/h3-6H,7-11H2,1-2H3. The Kier molecular flexibility index (Phi) is 5.71. The first-order chi connectivity index (χ1) is 10.4. The Balaban J connectivity index is 1.86. The minimum absolute atomic E-state index is 0.0176. The SMILES string of the molecule is COc1ccccc1SCC(=O)N1CCN(S(C)(=O)=O)CC1. The number of rotatable bonds is 5. The van der Waals surface area contributed by atoms with Crippen molar-refractivity contribution in [2.75, 3.05) is 45.3 Å². The van der Waals surface area contributed by atoms with Gasteiger partial charge < -0.3 is 9.64 Å². The van der Waals surface area contributed by atoms with Crippen LogP contribution in [0.4, 0.5) is 0 Å². The molecule has 1 amide bonds. The smallest absolute Gasteiger partial charge is 0.233 e. The summed E-state index contributed by atoms with van der Waals surface area (Å²) in [5, 5.41) is 0. The minimum Gasteiger partial charge on any atom is -0.496 e. The van der Waals surface area contributed by atoms with Gasteiger partial charge in [0.2, 0.25) is 15.9 Å². The van der Waals surface area contributed by atoms with E-state index in [0.29, 0.717) is 31.9 Å². The number of carbonyl (C=O) groups excluding carboxylic acids is 1.